The second-order valence-electron chi connectivity index (χ2n) is 10.2. The van der Waals surface area contributed by atoms with Crippen LogP contribution in [0.5, 0.6) is 0 Å². The van der Waals surface area contributed by atoms with Crippen LogP contribution in [0, 0.1) is 11.8 Å². The number of aromatic amines is 1. The molecule has 0 aromatic carbocycles. The Morgan fingerprint density at radius 3 is 2.39 bits per heavy atom. The van der Waals surface area contributed by atoms with Gasteiger partial charge in [-0.05, 0) is 11.8 Å². The van der Waals surface area contributed by atoms with Crippen LogP contribution in [0.15, 0.2) is 11.1 Å². The number of carbonyl (C=O) groups excluding carboxylic acids is 3. The van der Waals surface area contributed by atoms with Crippen LogP contribution in [0.25, 0.3) is 11.2 Å². The number of carbonyl (C=O) groups is 3. The third kappa shape index (κ3) is 7.56. The highest BCUT2D eigenvalue weighted by atomic mass is 19.1. The number of H-pyrrole nitrogens is 1. The molecule has 0 bridgehead atoms. The van der Waals surface area contributed by atoms with Gasteiger partial charge in [-0.2, -0.15) is 4.98 Å². The lowest BCUT2D eigenvalue weighted by Crippen LogP contribution is -2.45. The number of rotatable bonds is 13. The number of hydrogen-bond acceptors (Lipinski definition) is 13. The summed E-state index contributed by atoms with van der Waals surface area (Å²) in [5, 5.41) is 0. The number of ether oxygens (including phenoxy) is 4. The fraction of sp³-hybridized carbons (Fsp3) is 0.680. The first-order valence-corrected chi connectivity index (χ1v) is 13.4. The molecule has 0 aliphatic carbocycles. The van der Waals surface area contributed by atoms with Gasteiger partial charge in [-0.3, -0.25) is 23.9 Å². The molecule has 228 valence electrons. The quantitative estimate of drug-likeness (QED) is 0.181. The number of nitrogens with zero attached hydrogens (tertiary/aromatic N) is 3. The first kappa shape index (κ1) is 31.9. The largest absolute Gasteiger partial charge is 0.460 e. The van der Waals surface area contributed by atoms with E-state index in [0.29, 0.717) is 12.8 Å². The number of aromatic nitrogens is 4. The number of hydrogen-bond donors (Lipinski definition) is 4. The van der Waals surface area contributed by atoms with Crippen molar-refractivity contribution in [1.29, 1.82) is 0 Å². The summed E-state index contributed by atoms with van der Waals surface area (Å²) in [4.78, 5) is 60.2. The number of nitrogens with one attached hydrogen (secondary N) is 1. The Kier molecular flexibility index (Phi) is 10.8. The third-order valence-electron chi connectivity index (χ3n) is 7.27. The molecule has 3 rings (SSSR count). The zero-order valence-electron chi connectivity index (χ0n) is 23.4. The molecule has 2 aromatic heterocycles. The molecular weight excluding hydrogens is 545 g/mol. The monoisotopic (exact) mass is 583 g/mol. The van der Waals surface area contributed by atoms with Crippen LogP contribution in [-0.4, -0.2) is 81.1 Å². The number of fused-ring (bicyclic) bond motifs is 1. The average Bonchev–Trinajstić information content (AvgIpc) is 3.54. The van der Waals surface area contributed by atoms with Crippen LogP contribution in [0.2, 0.25) is 0 Å². The Balaban J connectivity index is 1.67. The minimum absolute atomic E-state index is 0.00376. The predicted octanol–water partition coefficient (Wildman–Crippen LogP) is 0.0724. The number of alkyl halides is 1. The molecule has 0 unspecified atom stereocenters. The number of anilines is 1. The van der Waals surface area contributed by atoms with Crippen molar-refractivity contribution in [3.63, 3.8) is 0 Å². The molecule has 1 aliphatic rings. The molecule has 0 saturated carbocycles. The summed E-state index contributed by atoms with van der Waals surface area (Å²) in [6.45, 7) is 5.97. The second kappa shape index (κ2) is 13.8. The van der Waals surface area contributed by atoms with Gasteiger partial charge in [0.25, 0.3) is 5.56 Å². The van der Waals surface area contributed by atoms with Crippen molar-refractivity contribution in [2.24, 2.45) is 23.3 Å². The summed E-state index contributed by atoms with van der Waals surface area (Å²) in [6, 6.07) is -1.99. The van der Waals surface area contributed by atoms with Crippen LogP contribution in [0.1, 0.15) is 53.2 Å². The molecule has 0 radical (unpaired) electrons. The molecule has 8 atom stereocenters. The molecule has 15 nitrogen and oxygen atoms in total. The molecule has 1 aliphatic heterocycles. The van der Waals surface area contributed by atoms with Crippen LogP contribution >= 0.6 is 0 Å². The molecule has 41 heavy (non-hydrogen) atoms. The third-order valence-corrected chi connectivity index (χ3v) is 7.27. The minimum Gasteiger partial charge on any atom is -0.460 e. The van der Waals surface area contributed by atoms with Gasteiger partial charge in [-0.1, -0.05) is 40.5 Å². The molecule has 16 heteroatoms. The van der Waals surface area contributed by atoms with Crippen LogP contribution in [0.4, 0.5) is 10.3 Å². The van der Waals surface area contributed by atoms with E-state index in [4.69, 9.17) is 36.1 Å². The minimum atomic E-state index is -1.67. The van der Waals surface area contributed by atoms with Crippen molar-refractivity contribution in [2.45, 2.75) is 83.6 Å². The van der Waals surface area contributed by atoms with E-state index in [1.807, 2.05) is 13.8 Å². The standard InChI is InChI=1S/C25H38FN7O8/c1-5-11(3)17(27)23(36)39-9-15(41-24(37)18(28)12(4)6-2)22(35)38-8-14-13(26)7-16(40-14)33-10-30-19-20(33)31-25(29)32-21(19)34/h10-18H,5-9,27-28H2,1-4H3,(H3,29,31,32,34)/t11-,12-,13-,14+,15+,16+,17-,18-/m0/s1. The van der Waals surface area contributed by atoms with E-state index in [9.17, 15) is 23.6 Å². The van der Waals surface area contributed by atoms with Gasteiger partial charge < -0.3 is 36.1 Å². The zero-order chi connectivity index (χ0) is 30.4. The van der Waals surface area contributed by atoms with Gasteiger partial charge in [-0.25, -0.2) is 14.2 Å². The van der Waals surface area contributed by atoms with E-state index in [1.54, 1.807) is 13.8 Å². The first-order chi connectivity index (χ1) is 19.4. The molecule has 2 aromatic rings. The SMILES string of the molecule is CC[C@H](C)[C@H](N)C(=O)OC[C@@H](OC(=O)[C@@H](N)[C@@H](C)CC)C(=O)OC[C@H]1O[C@@H](n2cnc3c(=O)[nH]c(N)nc32)C[C@@H]1F. The summed E-state index contributed by atoms with van der Waals surface area (Å²) >= 11 is 0. The highest BCUT2D eigenvalue weighted by molar-refractivity contribution is 5.82. The Hall–Kier alpha value is -3.63. The van der Waals surface area contributed by atoms with E-state index < -0.39 is 73.4 Å². The van der Waals surface area contributed by atoms with Gasteiger partial charge in [-0.15, -0.1) is 0 Å². The van der Waals surface area contributed by atoms with Crippen molar-refractivity contribution >= 4 is 35.0 Å². The van der Waals surface area contributed by atoms with Crippen molar-refractivity contribution in [3.8, 4) is 0 Å². The number of esters is 3. The maximum atomic E-state index is 14.9. The molecule has 0 amide bonds. The smallest absolute Gasteiger partial charge is 0.351 e. The van der Waals surface area contributed by atoms with Crippen molar-refractivity contribution < 1.29 is 37.7 Å². The normalized spacial score (nSPS) is 22.5. The second-order valence-corrected chi connectivity index (χ2v) is 10.2. The number of imidazole rings is 1. The molecule has 1 saturated heterocycles. The summed E-state index contributed by atoms with van der Waals surface area (Å²) in [7, 11) is 0. The summed E-state index contributed by atoms with van der Waals surface area (Å²) in [5.74, 6) is -3.36. The fourth-order valence-electron chi connectivity index (χ4n) is 4.02. The van der Waals surface area contributed by atoms with E-state index in [0.717, 1.165) is 0 Å². The molecular formula is C25H38FN7O8. The van der Waals surface area contributed by atoms with Crippen molar-refractivity contribution in [2.75, 3.05) is 18.9 Å². The van der Waals surface area contributed by atoms with Gasteiger partial charge in [0.15, 0.2) is 11.2 Å². The predicted molar refractivity (Wildman–Crippen MR) is 143 cm³/mol. The van der Waals surface area contributed by atoms with Crippen molar-refractivity contribution in [3.05, 3.63) is 16.7 Å². The molecule has 3 heterocycles. The molecule has 0 spiro atoms. The van der Waals surface area contributed by atoms with Crippen molar-refractivity contribution in [1.82, 2.24) is 19.5 Å². The highest BCUT2D eigenvalue weighted by Crippen LogP contribution is 2.32. The van der Waals surface area contributed by atoms with Crippen LogP contribution < -0.4 is 22.8 Å². The Morgan fingerprint density at radius 2 is 1.76 bits per heavy atom. The fourth-order valence-corrected chi connectivity index (χ4v) is 4.02. The van der Waals surface area contributed by atoms with Crippen LogP contribution in [-0.2, 0) is 33.3 Å². The number of nitrogens with two attached hydrogens (primary N) is 3. The van der Waals surface area contributed by atoms with Gasteiger partial charge >= 0.3 is 17.9 Å². The lowest BCUT2D eigenvalue weighted by Gasteiger charge is -2.23. The topological polar surface area (TPSA) is 230 Å². The van der Waals surface area contributed by atoms with E-state index in [1.165, 1.54) is 10.9 Å². The van der Waals surface area contributed by atoms with E-state index >= 15 is 0 Å². The Labute approximate surface area is 235 Å². The molecule has 7 N–H and O–H groups in total. The zero-order valence-corrected chi connectivity index (χ0v) is 23.4. The van der Waals surface area contributed by atoms with Crippen LogP contribution in [0.3, 0.4) is 0 Å². The van der Waals surface area contributed by atoms with Gasteiger partial charge in [0.1, 0.15) is 43.8 Å². The van der Waals surface area contributed by atoms with Gasteiger partial charge in [0.2, 0.25) is 12.1 Å². The Bertz CT molecular complexity index is 1290. The highest BCUT2D eigenvalue weighted by Gasteiger charge is 2.39. The maximum absolute atomic E-state index is 14.9. The Morgan fingerprint density at radius 1 is 1.12 bits per heavy atom. The molecule has 1 fully saturated rings. The summed E-state index contributed by atoms with van der Waals surface area (Å²) in [6.07, 6.45) is -3.07. The average molecular weight is 584 g/mol. The lowest BCUT2D eigenvalue weighted by atomic mass is 10.0. The number of nitrogen functional groups attached to an aromatic ring is 1. The lowest BCUT2D eigenvalue weighted by molar-refractivity contribution is -0.178. The van der Waals surface area contributed by atoms with E-state index in [2.05, 4.69) is 15.0 Å². The summed E-state index contributed by atoms with van der Waals surface area (Å²) < 4.78 is 37.6. The van der Waals surface area contributed by atoms with E-state index in [-0.39, 0.29) is 35.4 Å². The van der Waals surface area contributed by atoms with Gasteiger partial charge in [0.05, 0.1) is 6.33 Å². The maximum Gasteiger partial charge on any atom is 0.351 e. The summed E-state index contributed by atoms with van der Waals surface area (Å²) in [5.41, 5.74) is 17.0. The first-order valence-electron chi connectivity index (χ1n) is 13.4. The number of halogens is 1. The van der Waals surface area contributed by atoms with Gasteiger partial charge in [0, 0.05) is 6.42 Å².